The Hall–Kier alpha value is -2.04. The second-order valence-corrected chi connectivity index (χ2v) is 5.45. The van der Waals surface area contributed by atoms with Crippen LogP contribution in [0.5, 0.6) is 0 Å². The standard InChI is InChI=1S/C15H23N3O2/c1-6-11(7-2)10-12(13-16-8-9-17-13)18-14(19)20-15(3,4)5/h6-9,12H,1,10H2,2-5H3,(H,16,17)(H,18,19). The van der Waals surface area contributed by atoms with Crippen LogP contribution in [0.15, 0.2) is 36.7 Å². The van der Waals surface area contributed by atoms with Gasteiger partial charge < -0.3 is 15.0 Å². The minimum atomic E-state index is -0.528. The lowest BCUT2D eigenvalue weighted by molar-refractivity contribution is 0.0501. The van der Waals surface area contributed by atoms with Gasteiger partial charge in [-0.05, 0) is 34.1 Å². The summed E-state index contributed by atoms with van der Waals surface area (Å²) in [7, 11) is 0. The first-order valence-electron chi connectivity index (χ1n) is 6.62. The molecule has 1 amide bonds. The van der Waals surface area contributed by atoms with E-state index in [0.29, 0.717) is 12.2 Å². The van der Waals surface area contributed by atoms with Gasteiger partial charge in [-0.3, -0.25) is 0 Å². The maximum atomic E-state index is 11.9. The van der Waals surface area contributed by atoms with E-state index in [4.69, 9.17) is 4.74 Å². The highest BCUT2D eigenvalue weighted by Gasteiger charge is 2.22. The minimum absolute atomic E-state index is 0.274. The van der Waals surface area contributed by atoms with E-state index >= 15 is 0 Å². The summed E-state index contributed by atoms with van der Waals surface area (Å²) < 4.78 is 5.28. The molecule has 0 bridgehead atoms. The number of carbonyl (C=O) groups excluding carboxylic acids is 1. The Morgan fingerprint density at radius 2 is 2.30 bits per heavy atom. The fourth-order valence-electron chi connectivity index (χ4n) is 1.69. The molecule has 0 aromatic carbocycles. The largest absolute Gasteiger partial charge is 0.444 e. The van der Waals surface area contributed by atoms with E-state index in [0.717, 1.165) is 5.57 Å². The average molecular weight is 277 g/mol. The van der Waals surface area contributed by atoms with Crippen LogP contribution in [0.25, 0.3) is 0 Å². The summed E-state index contributed by atoms with van der Waals surface area (Å²) in [5.41, 5.74) is 0.502. The normalized spacial score (nSPS) is 13.7. The number of hydrogen-bond donors (Lipinski definition) is 2. The number of aromatic amines is 1. The molecule has 0 aliphatic rings. The van der Waals surface area contributed by atoms with Gasteiger partial charge in [-0.1, -0.05) is 24.3 Å². The summed E-state index contributed by atoms with van der Waals surface area (Å²) in [5.74, 6) is 0.692. The van der Waals surface area contributed by atoms with Crippen molar-refractivity contribution in [1.29, 1.82) is 0 Å². The quantitative estimate of drug-likeness (QED) is 0.809. The van der Waals surface area contributed by atoms with E-state index in [2.05, 4.69) is 21.9 Å². The summed E-state index contributed by atoms with van der Waals surface area (Å²) in [6, 6.07) is -0.274. The van der Waals surface area contributed by atoms with Crippen LogP contribution in [0, 0.1) is 0 Å². The third-order valence-electron chi connectivity index (χ3n) is 2.61. The Labute approximate surface area is 120 Å². The van der Waals surface area contributed by atoms with Crippen LogP contribution in [0.2, 0.25) is 0 Å². The summed E-state index contributed by atoms with van der Waals surface area (Å²) in [6.45, 7) is 11.2. The van der Waals surface area contributed by atoms with E-state index < -0.39 is 11.7 Å². The molecule has 2 N–H and O–H groups in total. The van der Waals surface area contributed by atoms with Crippen molar-refractivity contribution in [1.82, 2.24) is 15.3 Å². The number of carbonyl (C=O) groups is 1. The molecule has 0 spiro atoms. The van der Waals surface area contributed by atoms with Crippen molar-refractivity contribution in [2.45, 2.75) is 45.8 Å². The lowest BCUT2D eigenvalue weighted by atomic mass is 10.1. The number of imidazole rings is 1. The van der Waals surface area contributed by atoms with Crippen LogP contribution in [0.3, 0.4) is 0 Å². The predicted octanol–water partition coefficient (Wildman–Crippen LogP) is 3.50. The van der Waals surface area contributed by atoms with Crippen LogP contribution < -0.4 is 5.32 Å². The van der Waals surface area contributed by atoms with Crippen LogP contribution in [0.1, 0.15) is 46.0 Å². The van der Waals surface area contributed by atoms with Crippen molar-refractivity contribution >= 4 is 6.09 Å². The second kappa shape index (κ2) is 6.93. The van der Waals surface area contributed by atoms with Crippen LogP contribution >= 0.6 is 0 Å². The molecule has 1 atom stereocenters. The van der Waals surface area contributed by atoms with Gasteiger partial charge in [0.25, 0.3) is 0 Å². The Kier molecular flexibility index (Phi) is 5.55. The molecule has 110 valence electrons. The maximum absolute atomic E-state index is 11.9. The molecule has 0 radical (unpaired) electrons. The fourth-order valence-corrected chi connectivity index (χ4v) is 1.69. The molecule has 1 aromatic heterocycles. The average Bonchev–Trinajstić information content (AvgIpc) is 2.85. The van der Waals surface area contributed by atoms with Crippen molar-refractivity contribution in [2.75, 3.05) is 0 Å². The molecule has 0 saturated heterocycles. The number of ether oxygens (including phenoxy) is 1. The van der Waals surface area contributed by atoms with Gasteiger partial charge in [-0.2, -0.15) is 0 Å². The zero-order chi connectivity index (χ0) is 15.2. The molecule has 0 aliphatic carbocycles. The summed E-state index contributed by atoms with van der Waals surface area (Å²) >= 11 is 0. The number of nitrogens with one attached hydrogen (secondary N) is 2. The topological polar surface area (TPSA) is 67.0 Å². The molecule has 0 aliphatic heterocycles. The molecule has 1 aromatic rings. The highest BCUT2D eigenvalue weighted by Crippen LogP contribution is 2.19. The number of rotatable bonds is 5. The van der Waals surface area contributed by atoms with Gasteiger partial charge in [0, 0.05) is 12.4 Å². The molecule has 20 heavy (non-hydrogen) atoms. The first-order chi connectivity index (χ1) is 9.35. The van der Waals surface area contributed by atoms with Gasteiger partial charge in [0.1, 0.15) is 11.4 Å². The summed E-state index contributed by atoms with van der Waals surface area (Å²) in [4.78, 5) is 19.1. The van der Waals surface area contributed by atoms with Gasteiger partial charge in [-0.15, -0.1) is 0 Å². The number of H-pyrrole nitrogens is 1. The molecule has 0 fully saturated rings. The number of allylic oxidation sites excluding steroid dienone is 2. The molecule has 0 saturated carbocycles. The highest BCUT2D eigenvalue weighted by atomic mass is 16.6. The van der Waals surface area contributed by atoms with Crippen LogP contribution in [-0.2, 0) is 4.74 Å². The maximum Gasteiger partial charge on any atom is 0.408 e. The SMILES string of the molecule is C=CC(=CC)CC(NC(=O)OC(C)(C)C)c1ncc[nH]1. The Bertz CT molecular complexity index is 470. The van der Waals surface area contributed by atoms with Crippen molar-refractivity contribution < 1.29 is 9.53 Å². The lowest BCUT2D eigenvalue weighted by Crippen LogP contribution is -2.35. The minimum Gasteiger partial charge on any atom is -0.444 e. The summed E-state index contributed by atoms with van der Waals surface area (Å²) in [5, 5.41) is 2.83. The van der Waals surface area contributed by atoms with E-state index in [-0.39, 0.29) is 6.04 Å². The zero-order valence-corrected chi connectivity index (χ0v) is 12.6. The molecule has 1 rings (SSSR count). The van der Waals surface area contributed by atoms with Crippen LogP contribution in [-0.4, -0.2) is 21.7 Å². The number of amides is 1. The van der Waals surface area contributed by atoms with Crippen molar-refractivity contribution in [2.24, 2.45) is 0 Å². The Morgan fingerprint density at radius 3 is 2.75 bits per heavy atom. The molecular formula is C15H23N3O2. The van der Waals surface area contributed by atoms with Gasteiger partial charge in [-0.25, -0.2) is 9.78 Å². The lowest BCUT2D eigenvalue weighted by Gasteiger charge is -2.23. The Morgan fingerprint density at radius 1 is 1.60 bits per heavy atom. The second-order valence-electron chi connectivity index (χ2n) is 5.45. The molecule has 1 unspecified atom stereocenters. The zero-order valence-electron chi connectivity index (χ0n) is 12.6. The van der Waals surface area contributed by atoms with Crippen molar-refractivity contribution in [3.63, 3.8) is 0 Å². The predicted molar refractivity (Wildman–Crippen MR) is 79.3 cm³/mol. The third kappa shape index (κ3) is 5.30. The summed E-state index contributed by atoms with van der Waals surface area (Å²) in [6.07, 6.45) is 7.25. The van der Waals surface area contributed by atoms with E-state index in [1.54, 1.807) is 18.5 Å². The molecule has 5 heteroatoms. The van der Waals surface area contributed by atoms with Crippen molar-refractivity contribution in [3.05, 3.63) is 42.5 Å². The van der Waals surface area contributed by atoms with E-state index in [1.807, 2.05) is 33.8 Å². The fraction of sp³-hybridized carbons (Fsp3) is 0.467. The highest BCUT2D eigenvalue weighted by molar-refractivity contribution is 5.68. The van der Waals surface area contributed by atoms with Crippen molar-refractivity contribution in [3.8, 4) is 0 Å². The smallest absolute Gasteiger partial charge is 0.408 e. The number of aromatic nitrogens is 2. The van der Waals surface area contributed by atoms with Gasteiger partial charge >= 0.3 is 6.09 Å². The first-order valence-corrected chi connectivity index (χ1v) is 6.62. The number of alkyl carbamates (subject to hydrolysis) is 1. The third-order valence-corrected chi connectivity index (χ3v) is 2.61. The van der Waals surface area contributed by atoms with Gasteiger partial charge in [0.15, 0.2) is 0 Å². The molecule has 5 nitrogen and oxygen atoms in total. The number of hydrogen-bond acceptors (Lipinski definition) is 3. The molecule has 1 heterocycles. The van der Waals surface area contributed by atoms with Gasteiger partial charge in [0.05, 0.1) is 6.04 Å². The van der Waals surface area contributed by atoms with Gasteiger partial charge in [0.2, 0.25) is 0 Å². The monoisotopic (exact) mass is 277 g/mol. The van der Waals surface area contributed by atoms with Crippen LogP contribution in [0.4, 0.5) is 4.79 Å². The van der Waals surface area contributed by atoms with E-state index in [1.165, 1.54) is 0 Å². The van der Waals surface area contributed by atoms with E-state index in [9.17, 15) is 4.79 Å². The Balaban J connectivity index is 2.79. The molecular weight excluding hydrogens is 254 g/mol. The first kappa shape index (κ1) is 16.0. The number of nitrogens with zero attached hydrogens (tertiary/aromatic N) is 1.